The highest BCUT2D eigenvalue weighted by Crippen LogP contribution is 2.08. The largest absolute Gasteiger partial charge is 0.466 e. The molecule has 0 spiro atoms. The molecule has 3 nitrogen and oxygen atoms in total. The SMILES string of the molecule is CCOC(=O)CCNCCc1cc(C)cc(C)c1. The fourth-order valence-electron chi connectivity index (χ4n) is 1.99. The maximum atomic E-state index is 11.1. The van der Waals surface area contributed by atoms with Crippen LogP contribution >= 0.6 is 0 Å². The Balaban J connectivity index is 2.19. The molecule has 0 heterocycles. The van der Waals surface area contributed by atoms with E-state index in [1.807, 2.05) is 6.92 Å². The summed E-state index contributed by atoms with van der Waals surface area (Å²) < 4.78 is 4.86. The summed E-state index contributed by atoms with van der Waals surface area (Å²) in [7, 11) is 0. The summed E-state index contributed by atoms with van der Waals surface area (Å²) in [6.07, 6.45) is 1.44. The van der Waals surface area contributed by atoms with Crippen molar-refractivity contribution in [1.29, 1.82) is 0 Å². The fraction of sp³-hybridized carbons (Fsp3) is 0.533. The number of carbonyl (C=O) groups is 1. The molecule has 100 valence electrons. The van der Waals surface area contributed by atoms with Crippen LogP contribution in [0.3, 0.4) is 0 Å². The average Bonchev–Trinajstić information content (AvgIpc) is 2.27. The van der Waals surface area contributed by atoms with Crippen LogP contribution in [0.4, 0.5) is 0 Å². The third-order valence-electron chi connectivity index (χ3n) is 2.68. The van der Waals surface area contributed by atoms with Crippen molar-refractivity contribution < 1.29 is 9.53 Å². The van der Waals surface area contributed by atoms with Gasteiger partial charge in [-0.1, -0.05) is 29.3 Å². The Morgan fingerprint density at radius 2 is 1.83 bits per heavy atom. The molecule has 0 atom stereocenters. The van der Waals surface area contributed by atoms with Crippen LogP contribution in [0.5, 0.6) is 0 Å². The first-order valence-corrected chi connectivity index (χ1v) is 6.55. The van der Waals surface area contributed by atoms with E-state index in [1.54, 1.807) is 0 Å². The third kappa shape index (κ3) is 5.82. The molecule has 0 saturated heterocycles. The predicted molar refractivity (Wildman–Crippen MR) is 73.7 cm³/mol. The lowest BCUT2D eigenvalue weighted by atomic mass is 10.1. The summed E-state index contributed by atoms with van der Waals surface area (Å²) in [5.41, 5.74) is 3.95. The maximum Gasteiger partial charge on any atom is 0.307 e. The van der Waals surface area contributed by atoms with E-state index in [0.29, 0.717) is 19.6 Å². The van der Waals surface area contributed by atoms with E-state index in [4.69, 9.17) is 4.74 Å². The molecule has 1 aromatic rings. The molecule has 0 saturated carbocycles. The van der Waals surface area contributed by atoms with Gasteiger partial charge in [-0.15, -0.1) is 0 Å². The first kappa shape index (κ1) is 14.7. The van der Waals surface area contributed by atoms with Crippen LogP contribution in [-0.2, 0) is 16.0 Å². The number of hydrogen-bond acceptors (Lipinski definition) is 3. The van der Waals surface area contributed by atoms with Crippen LogP contribution in [0.2, 0.25) is 0 Å². The zero-order valence-electron chi connectivity index (χ0n) is 11.6. The molecule has 1 N–H and O–H groups in total. The van der Waals surface area contributed by atoms with Gasteiger partial charge >= 0.3 is 5.97 Å². The van der Waals surface area contributed by atoms with Crippen LogP contribution in [0, 0.1) is 13.8 Å². The molecule has 0 unspecified atom stereocenters. The average molecular weight is 249 g/mol. The van der Waals surface area contributed by atoms with Crippen LogP contribution < -0.4 is 5.32 Å². The van der Waals surface area contributed by atoms with E-state index in [0.717, 1.165) is 13.0 Å². The highest BCUT2D eigenvalue weighted by atomic mass is 16.5. The normalized spacial score (nSPS) is 10.4. The molecule has 0 aliphatic carbocycles. The highest BCUT2D eigenvalue weighted by Gasteiger charge is 2.00. The molecule has 3 heteroatoms. The predicted octanol–water partition coefficient (Wildman–Crippen LogP) is 2.39. The second-order valence-electron chi connectivity index (χ2n) is 4.55. The van der Waals surface area contributed by atoms with Crippen molar-refractivity contribution in [2.24, 2.45) is 0 Å². The van der Waals surface area contributed by atoms with Gasteiger partial charge in [0.2, 0.25) is 0 Å². The van der Waals surface area contributed by atoms with Crippen molar-refractivity contribution in [2.75, 3.05) is 19.7 Å². The maximum absolute atomic E-state index is 11.1. The zero-order valence-corrected chi connectivity index (χ0v) is 11.6. The van der Waals surface area contributed by atoms with E-state index in [1.165, 1.54) is 16.7 Å². The Labute approximate surface area is 110 Å². The van der Waals surface area contributed by atoms with Crippen LogP contribution in [0.15, 0.2) is 18.2 Å². The van der Waals surface area contributed by atoms with E-state index >= 15 is 0 Å². The van der Waals surface area contributed by atoms with E-state index in [-0.39, 0.29) is 5.97 Å². The van der Waals surface area contributed by atoms with Crippen molar-refractivity contribution in [1.82, 2.24) is 5.32 Å². The molecule has 0 bridgehead atoms. The summed E-state index contributed by atoms with van der Waals surface area (Å²) >= 11 is 0. The van der Waals surface area contributed by atoms with Gasteiger partial charge in [-0.3, -0.25) is 4.79 Å². The van der Waals surface area contributed by atoms with Crippen LogP contribution in [0.1, 0.15) is 30.0 Å². The Bertz CT molecular complexity index is 368. The summed E-state index contributed by atoms with van der Waals surface area (Å²) in [6, 6.07) is 6.59. The third-order valence-corrected chi connectivity index (χ3v) is 2.68. The molecule has 18 heavy (non-hydrogen) atoms. The Morgan fingerprint density at radius 3 is 2.44 bits per heavy atom. The molecular formula is C15H23NO2. The number of hydrogen-bond donors (Lipinski definition) is 1. The molecule has 1 rings (SSSR count). The standard InChI is InChI=1S/C15H23NO2/c1-4-18-15(17)6-8-16-7-5-14-10-12(2)9-13(3)11-14/h9-11,16H,4-8H2,1-3H3. The van der Waals surface area contributed by atoms with E-state index in [9.17, 15) is 4.79 Å². The molecule has 0 amide bonds. The van der Waals surface area contributed by atoms with Gasteiger partial charge in [0, 0.05) is 6.54 Å². The van der Waals surface area contributed by atoms with Gasteiger partial charge in [0.1, 0.15) is 0 Å². The van der Waals surface area contributed by atoms with Gasteiger partial charge in [-0.05, 0) is 39.3 Å². The van der Waals surface area contributed by atoms with Gasteiger partial charge in [0.05, 0.1) is 13.0 Å². The second kappa shape index (κ2) is 7.88. The number of esters is 1. The van der Waals surface area contributed by atoms with Crippen molar-refractivity contribution in [3.05, 3.63) is 34.9 Å². The number of rotatable bonds is 7. The summed E-state index contributed by atoms with van der Waals surface area (Å²) in [6.45, 7) is 8.09. The van der Waals surface area contributed by atoms with E-state index < -0.39 is 0 Å². The van der Waals surface area contributed by atoms with Gasteiger partial charge in [-0.2, -0.15) is 0 Å². The monoisotopic (exact) mass is 249 g/mol. The van der Waals surface area contributed by atoms with Gasteiger partial charge in [-0.25, -0.2) is 0 Å². The molecule has 0 aromatic heterocycles. The van der Waals surface area contributed by atoms with Gasteiger partial charge in [0.25, 0.3) is 0 Å². The summed E-state index contributed by atoms with van der Waals surface area (Å²) in [4.78, 5) is 11.1. The number of benzene rings is 1. The lowest BCUT2D eigenvalue weighted by molar-refractivity contribution is -0.142. The molecule has 0 aliphatic heterocycles. The second-order valence-corrected chi connectivity index (χ2v) is 4.55. The summed E-state index contributed by atoms with van der Waals surface area (Å²) in [5, 5.41) is 3.26. The Morgan fingerprint density at radius 1 is 1.17 bits per heavy atom. The minimum atomic E-state index is -0.128. The number of aryl methyl sites for hydroxylation is 2. The van der Waals surface area contributed by atoms with Crippen molar-refractivity contribution in [3.63, 3.8) is 0 Å². The lowest BCUT2D eigenvalue weighted by Crippen LogP contribution is -2.21. The minimum Gasteiger partial charge on any atom is -0.466 e. The number of ether oxygens (including phenoxy) is 1. The van der Waals surface area contributed by atoms with Crippen LogP contribution in [-0.4, -0.2) is 25.7 Å². The Kier molecular flexibility index (Phi) is 6.44. The first-order chi connectivity index (χ1) is 8.61. The topological polar surface area (TPSA) is 38.3 Å². The number of nitrogens with one attached hydrogen (secondary N) is 1. The van der Waals surface area contributed by atoms with E-state index in [2.05, 4.69) is 37.4 Å². The van der Waals surface area contributed by atoms with Crippen molar-refractivity contribution >= 4 is 5.97 Å². The van der Waals surface area contributed by atoms with Gasteiger partial charge in [0.15, 0.2) is 0 Å². The fourth-order valence-corrected chi connectivity index (χ4v) is 1.99. The molecule has 0 fully saturated rings. The quantitative estimate of drug-likeness (QED) is 0.595. The molecular weight excluding hydrogens is 226 g/mol. The van der Waals surface area contributed by atoms with Crippen LogP contribution in [0.25, 0.3) is 0 Å². The Hall–Kier alpha value is -1.35. The lowest BCUT2D eigenvalue weighted by Gasteiger charge is -2.07. The molecule has 0 aliphatic rings. The van der Waals surface area contributed by atoms with Crippen molar-refractivity contribution in [3.8, 4) is 0 Å². The molecule has 0 radical (unpaired) electrons. The molecule has 1 aromatic carbocycles. The highest BCUT2D eigenvalue weighted by molar-refractivity contribution is 5.69. The minimum absolute atomic E-state index is 0.128. The first-order valence-electron chi connectivity index (χ1n) is 6.55. The smallest absolute Gasteiger partial charge is 0.307 e. The number of carbonyl (C=O) groups excluding carboxylic acids is 1. The zero-order chi connectivity index (χ0) is 13.4. The van der Waals surface area contributed by atoms with Crippen molar-refractivity contribution in [2.45, 2.75) is 33.6 Å². The summed E-state index contributed by atoms with van der Waals surface area (Å²) in [5.74, 6) is -0.128. The van der Waals surface area contributed by atoms with Gasteiger partial charge < -0.3 is 10.1 Å².